The van der Waals surface area contributed by atoms with Gasteiger partial charge in [0.15, 0.2) is 0 Å². The van der Waals surface area contributed by atoms with Gasteiger partial charge in [0.1, 0.15) is 0 Å². The number of anilines is 2. The first-order valence-corrected chi connectivity index (χ1v) is 9.80. The number of aromatic amines is 1. The maximum atomic E-state index is 13.0. The van der Waals surface area contributed by atoms with Crippen LogP contribution >= 0.6 is 0 Å². The van der Waals surface area contributed by atoms with Gasteiger partial charge in [0.2, 0.25) is 5.95 Å². The van der Waals surface area contributed by atoms with Gasteiger partial charge in [-0.05, 0) is 61.1 Å². The van der Waals surface area contributed by atoms with Crippen LogP contribution in [0.2, 0.25) is 0 Å². The van der Waals surface area contributed by atoms with E-state index in [1.165, 1.54) is 5.56 Å². The summed E-state index contributed by atoms with van der Waals surface area (Å²) in [6, 6.07) is 15.7. The number of imidazole rings is 1. The van der Waals surface area contributed by atoms with Gasteiger partial charge in [-0.1, -0.05) is 18.2 Å². The maximum Gasteiger partial charge on any atom is 0.253 e. The lowest BCUT2D eigenvalue weighted by molar-refractivity contribution is 0.0713. The van der Waals surface area contributed by atoms with Crippen LogP contribution in [0.3, 0.4) is 0 Å². The minimum Gasteiger partial charge on any atom is -0.339 e. The van der Waals surface area contributed by atoms with Crippen LogP contribution in [-0.4, -0.2) is 33.9 Å². The molecular weight excluding hydrogens is 362 g/mol. The van der Waals surface area contributed by atoms with E-state index in [2.05, 4.69) is 21.4 Å². The van der Waals surface area contributed by atoms with E-state index >= 15 is 0 Å². The summed E-state index contributed by atoms with van der Waals surface area (Å²) in [7, 11) is 0. The van der Waals surface area contributed by atoms with Crippen LogP contribution in [0, 0.1) is 18.3 Å². The Balaban J connectivity index is 1.42. The average molecular weight is 385 g/mol. The van der Waals surface area contributed by atoms with Gasteiger partial charge in [0.05, 0.1) is 11.6 Å². The lowest BCUT2D eigenvalue weighted by Gasteiger charge is -2.32. The summed E-state index contributed by atoms with van der Waals surface area (Å²) >= 11 is 0. The minimum absolute atomic E-state index is 0.0609. The summed E-state index contributed by atoms with van der Waals surface area (Å²) < 4.78 is 0. The average Bonchev–Trinajstić information content (AvgIpc) is 3.28. The summed E-state index contributed by atoms with van der Waals surface area (Å²) in [6.45, 7) is 3.47. The third-order valence-corrected chi connectivity index (χ3v) is 5.53. The van der Waals surface area contributed by atoms with Crippen molar-refractivity contribution in [1.82, 2.24) is 14.9 Å². The molecule has 0 bridgehead atoms. The molecule has 6 nitrogen and oxygen atoms in total. The SMILES string of the molecule is Cc1ccc(C(=O)N2CCC(c3ccc(C#N)cc3)CC2)cc1Nc1ncc[nH]1. The van der Waals surface area contributed by atoms with E-state index in [4.69, 9.17) is 5.26 Å². The molecule has 2 aromatic carbocycles. The zero-order valence-corrected chi connectivity index (χ0v) is 16.4. The highest BCUT2D eigenvalue weighted by Crippen LogP contribution is 2.29. The molecule has 0 unspecified atom stereocenters. The third-order valence-electron chi connectivity index (χ3n) is 5.53. The predicted octanol–water partition coefficient (Wildman–Crippen LogP) is 4.35. The van der Waals surface area contributed by atoms with Crippen molar-refractivity contribution in [3.05, 3.63) is 77.1 Å². The number of hydrogen-bond acceptors (Lipinski definition) is 4. The first-order chi connectivity index (χ1) is 14.1. The number of aromatic nitrogens is 2. The Hall–Kier alpha value is -3.59. The number of piperidine rings is 1. The molecule has 4 rings (SSSR count). The van der Waals surface area contributed by atoms with Crippen molar-refractivity contribution >= 4 is 17.5 Å². The van der Waals surface area contributed by atoms with E-state index < -0.39 is 0 Å². The fraction of sp³-hybridized carbons (Fsp3) is 0.261. The molecule has 0 aliphatic carbocycles. The Morgan fingerprint density at radius 2 is 1.97 bits per heavy atom. The number of benzene rings is 2. The van der Waals surface area contributed by atoms with E-state index in [1.54, 1.807) is 12.4 Å². The molecule has 146 valence electrons. The van der Waals surface area contributed by atoms with Crippen molar-refractivity contribution in [3.63, 3.8) is 0 Å². The molecule has 6 heteroatoms. The zero-order chi connectivity index (χ0) is 20.2. The molecule has 2 heterocycles. The van der Waals surface area contributed by atoms with Crippen LogP contribution in [0.15, 0.2) is 54.9 Å². The number of rotatable bonds is 4. The molecule has 1 aromatic heterocycles. The van der Waals surface area contributed by atoms with Crippen LogP contribution < -0.4 is 5.32 Å². The predicted molar refractivity (Wildman–Crippen MR) is 112 cm³/mol. The number of hydrogen-bond donors (Lipinski definition) is 2. The number of H-pyrrole nitrogens is 1. The van der Waals surface area contributed by atoms with Crippen molar-refractivity contribution in [1.29, 1.82) is 5.26 Å². The molecular formula is C23H23N5O. The zero-order valence-electron chi connectivity index (χ0n) is 16.4. The number of likely N-dealkylation sites (tertiary alicyclic amines) is 1. The Kier molecular flexibility index (Phi) is 5.30. The lowest BCUT2D eigenvalue weighted by atomic mass is 9.89. The summed E-state index contributed by atoms with van der Waals surface area (Å²) in [5, 5.41) is 12.2. The molecule has 1 amide bonds. The first kappa shape index (κ1) is 18.8. The Labute approximate surface area is 170 Å². The van der Waals surface area contributed by atoms with Gasteiger partial charge < -0.3 is 15.2 Å². The third kappa shape index (κ3) is 4.14. The number of carbonyl (C=O) groups excluding carboxylic acids is 1. The molecule has 1 aliphatic rings. The molecule has 0 saturated carbocycles. The van der Waals surface area contributed by atoms with Crippen molar-refractivity contribution in [2.75, 3.05) is 18.4 Å². The van der Waals surface area contributed by atoms with Crippen molar-refractivity contribution < 1.29 is 4.79 Å². The highest BCUT2D eigenvalue weighted by Gasteiger charge is 2.25. The van der Waals surface area contributed by atoms with Crippen LogP contribution in [0.25, 0.3) is 0 Å². The number of aryl methyl sites for hydroxylation is 1. The number of amides is 1. The summed E-state index contributed by atoms with van der Waals surface area (Å²) in [6.07, 6.45) is 5.30. The van der Waals surface area contributed by atoms with E-state index in [-0.39, 0.29) is 5.91 Å². The number of nitrogens with one attached hydrogen (secondary N) is 2. The second kappa shape index (κ2) is 8.19. The smallest absolute Gasteiger partial charge is 0.253 e. The minimum atomic E-state index is 0.0609. The molecule has 1 aliphatic heterocycles. The highest BCUT2D eigenvalue weighted by molar-refractivity contribution is 5.95. The van der Waals surface area contributed by atoms with Crippen LogP contribution in [0.4, 0.5) is 11.6 Å². The normalized spacial score (nSPS) is 14.4. The molecule has 1 fully saturated rings. The highest BCUT2D eigenvalue weighted by atomic mass is 16.2. The van der Waals surface area contributed by atoms with Crippen molar-refractivity contribution in [2.45, 2.75) is 25.7 Å². The Morgan fingerprint density at radius 1 is 1.21 bits per heavy atom. The molecule has 2 N–H and O–H groups in total. The van der Waals surface area contributed by atoms with Gasteiger partial charge in [-0.25, -0.2) is 4.98 Å². The topological polar surface area (TPSA) is 84.8 Å². The van der Waals surface area contributed by atoms with Crippen LogP contribution in [0.1, 0.15) is 45.8 Å². The van der Waals surface area contributed by atoms with Crippen LogP contribution in [0.5, 0.6) is 0 Å². The Bertz CT molecular complexity index is 1030. The standard InChI is InChI=1S/C23H23N5O/c1-16-2-5-20(14-21(16)27-23-25-10-11-26-23)22(29)28-12-8-19(9-13-28)18-6-3-17(15-24)4-7-18/h2-7,10-11,14,19H,8-9,12-13H2,1H3,(H2,25,26,27). The second-order valence-corrected chi connectivity index (χ2v) is 7.39. The van der Waals surface area contributed by atoms with Crippen LogP contribution in [-0.2, 0) is 0 Å². The molecule has 3 aromatic rings. The second-order valence-electron chi connectivity index (χ2n) is 7.39. The molecule has 29 heavy (non-hydrogen) atoms. The quantitative estimate of drug-likeness (QED) is 0.699. The largest absolute Gasteiger partial charge is 0.339 e. The van der Waals surface area contributed by atoms with E-state index in [0.29, 0.717) is 23.0 Å². The summed E-state index contributed by atoms with van der Waals surface area (Å²) in [4.78, 5) is 22.2. The molecule has 0 spiro atoms. The van der Waals surface area contributed by atoms with Crippen molar-refractivity contribution in [2.24, 2.45) is 0 Å². The lowest BCUT2D eigenvalue weighted by Crippen LogP contribution is -2.37. The number of carbonyl (C=O) groups is 1. The van der Waals surface area contributed by atoms with Gasteiger partial charge in [0.25, 0.3) is 5.91 Å². The number of nitrogens with zero attached hydrogens (tertiary/aromatic N) is 3. The van der Waals surface area contributed by atoms with E-state index in [0.717, 1.165) is 37.2 Å². The van der Waals surface area contributed by atoms with Gasteiger partial charge in [-0.3, -0.25) is 4.79 Å². The summed E-state index contributed by atoms with van der Waals surface area (Å²) in [5.41, 5.74) is 4.54. The first-order valence-electron chi connectivity index (χ1n) is 9.80. The fourth-order valence-corrected chi connectivity index (χ4v) is 3.78. The van der Waals surface area contributed by atoms with Gasteiger partial charge >= 0.3 is 0 Å². The van der Waals surface area contributed by atoms with E-state index in [1.807, 2.05) is 54.3 Å². The number of nitriles is 1. The molecule has 1 saturated heterocycles. The Morgan fingerprint density at radius 3 is 2.62 bits per heavy atom. The maximum absolute atomic E-state index is 13.0. The van der Waals surface area contributed by atoms with Gasteiger partial charge in [-0.2, -0.15) is 5.26 Å². The molecule has 0 radical (unpaired) electrons. The fourth-order valence-electron chi connectivity index (χ4n) is 3.78. The monoisotopic (exact) mass is 385 g/mol. The molecule has 0 atom stereocenters. The van der Waals surface area contributed by atoms with Gasteiger partial charge in [0, 0.05) is 36.7 Å². The van der Waals surface area contributed by atoms with Gasteiger partial charge in [-0.15, -0.1) is 0 Å². The van der Waals surface area contributed by atoms with Crippen molar-refractivity contribution in [3.8, 4) is 6.07 Å². The summed E-state index contributed by atoms with van der Waals surface area (Å²) in [5.74, 6) is 1.15. The van der Waals surface area contributed by atoms with E-state index in [9.17, 15) is 4.79 Å².